The summed E-state index contributed by atoms with van der Waals surface area (Å²) in [6.45, 7) is 0. The lowest BCUT2D eigenvalue weighted by molar-refractivity contribution is -0.153. The summed E-state index contributed by atoms with van der Waals surface area (Å²) in [5, 5.41) is 14.6. The number of fused-ring (bicyclic) bond motifs is 6. The predicted molar refractivity (Wildman–Crippen MR) is 367 cm³/mol. The maximum atomic E-state index is 17.5. The Morgan fingerprint density at radius 1 is 0.295 bits per heavy atom. The van der Waals surface area contributed by atoms with Crippen molar-refractivity contribution in [1.82, 2.24) is 4.90 Å². The quantitative estimate of drug-likeness (QED) is 0.110. The molecule has 2 nitrogen and oxygen atoms in total. The fraction of sp³-hybridized carbons (Fsp3) is 0.0581. The van der Waals surface area contributed by atoms with Crippen molar-refractivity contribution in [2.45, 2.75) is 11.0 Å². The fourth-order valence-electron chi connectivity index (χ4n) is 17.0. The summed E-state index contributed by atoms with van der Waals surface area (Å²) < 4.78 is 0. The highest BCUT2D eigenvalue weighted by Gasteiger charge is 2.70. The van der Waals surface area contributed by atoms with Crippen LogP contribution in [0.1, 0.15) is 22.3 Å². The number of benzene rings is 15. The number of amides is 1. The lowest BCUT2D eigenvalue weighted by atomic mass is 9.44. The molecule has 2 heterocycles. The van der Waals surface area contributed by atoms with Crippen molar-refractivity contribution in [3.63, 3.8) is 0 Å². The second kappa shape index (κ2) is 19.3. The molecule has 1 amide bonds. The Bertz CT molecular complexity index is 5440. The molecule has 2 bridgehead atoms. The zero-order valence-electron chi connectivity index (χ0n) is 48.5. The molecular weight excluding hydrogens is 1060 g/mol. The van der Waals surface area contributed by atoms with Gasteiger partial charge in [0.2, 0.25) is 5.91 Å². The number of likely N-dealkylation sites (N-methyl/N-ethyl adjacent to an activating group) is 1. The number of carbonyl (C=O) groups is 1. The third kappa shape index (κ3) is 6.80. The number of rotatable bonds is 8. The summed E-state index contributed by atoms with van der Waals surface area (Å²) in [6, 6.07) is 112. The summed E-state index contributed by atoms with van der Waals surface area (Å²) in [6.07, 6.45) is 5.28. The highest BCUT2D eigenvalue weighted by atomic mass is 16.2. The van der Waals surface area contributed by atoms with Crippen molar-refractivity contribution < 1.29 is 4.79 Å². The molecule has 0 radical (unpaired) electrons. The Kier molecular flexibility index (Phi) is 11.0. The van der Waals surface area contributed by atoms with Gasteiger partial charge >= 0.3 is 0 Å². The van der Waals surface area contributed by atoms with Gasteiger partial charge in [-0.25, -0.2) is 0 Å². The predicted octanol–water partition coefficient (Wildman–Crippen LogP) is 19.4. The summed E-state index contributed by atoms with van der Waals surface area (Å²) >= 11 is 0. The van der Waals surface area contributed by atoms with Crippen LogP contribution in [0.5, 0.6) is 0 Å². The van der Waals surface area contributed by atoms with Crippen LogP contribution in [0.4, 0.5) is 0 Å². The second-order valence-corrected chi connectivity index (χ2v) is 24.4. The highest BCUT2D eigenvalue weighted by molar-refractivity contribution is 6.37. The maximum absolute atomic E-state index is 17.5. The van der Waals surface area contributed by atoms with E-state index < -0.39 is 11.0 Å². The van der Waals surface area contributed by atoms with Crippen molar-refractivity contribution >= 4 is 71.9 Å². The van der Waals surface area contributed by atoms with Crippen molar-refractivity contribution in [1.29, 1.82) is 0 Å². The first kappa shape index (κ1) is 50.4. The van der Waals surface area contributed by atoms with E-state index in [0.717, 1.165) is 88.3 Å². The zero-order valence-corrected chi connectivity index (χ0v) is 48.5. The van der Waals surface area contributed by atoms with Gasteiger partial charge < -0.3 is 4.90 Å². The molecular formula is C86H57NO. The minimum atomic E-state index is -1.21. The normalized spacial score (nSPS) is 18.3. The standard InChI is InChI=1S/C86H57NO/c1-87-84(88)85(62-42-22-8-23-43-62)70-50-66-68(77(55-30-12-3-13-31-55)81(59-38-20-7-21-39-59)80(58-36-18-6-19-37-58)76(66)54-28-10-2-11-29-54)52-72(70)86(87,63-44-24-9-25-45-63)73-53-69-67(51-71(73)85)78(56-32-14-4-15-33-56)82-64-46-26-40-60-48-49-61-41-27-47-65(75(61)74(60)64)83(82)79(69)57-34-16-5-17-35-57/h2-53,71,73H,1H3. The van der Waals surface area contributed by atoms with Crippen molar-refractivity contribution in [3.05, 3.63) is 336 Å². The topological polar surface area (TPSA) is 20.3 Å². The lowest BCUT2D eigenvalue weighted by Gasteiger charge is -2.65. The third-order valence-corrected chi connectivity index (χ3v) is 20.3. The van der Waals surface area contributed by atoms with Crippen LogP contribution in [-0.4, -0.2) is 17.9 Å². The van der Waals surface area contributed by atoms with Crippen LogP contribution in [-0.2, 0) is 15.7 Å². The van der Waals surface area contributed by atoms with Gasteiger partial charge in [-0.2, -0.15) is 0 Å². The summed E-state index contributed by atoms with van der Waals surface area (Å²) in [5.41, 5.74) is 15.9. The monoisotopic (exact) mass is 1120 g/mol. The van der Waals surface area contributed by atoms with Gasteiger partial charge in [-0.15, -0.1) is 0 Å². The fourth-order valence-corrected chi connectivity index (χ4v) is 17.0. The lowest BCUT2D eigenvalue weighted by Crippen LogP contribution is -2.73. The highest BCUT2D eigenvalue weighted by Crippen LogP contribution is 2.67. The molecule has 2 aliphatic heterocycles. The Morgan fingerprint density at radius 2 is 0.636 bits per heavy atom. The number of hydrogen-bond acceptors (Lipinski definition) is 1. The molecule has 15 aromatic carbocycles. The maximum Gasteiger partial charge on any atom is 0.239 e. The largest absolute Gasteiger partial charge is 0.330 e. The molecule has 88 heavy (non-hydrogen) atoms. The molecule has 1 saturated heterocycles. The van der Waals surface area contributed by atoms with E-state index in [1.54, 1.807) is 0 Å². The van der Waals surface area contributed by atoms with Gasteiger partial charge in [0.25, 0.3) is 0 Å². The van der Waals surface area contributed by atoms with E-state index in [1.165, 1.54) is 65.0 Å². The summed E-state index contributed by atoms with van der Waals surface area (Å²) in [7, 11) is 2.11. The molecule has 0 spiro atoms. The first-order valence-corrected chi connectivity index (χ1v) is 30.8. The van der Waals surface area contributed by atoms with Gasteiger partial charge in [-0.1, -0.05) is 303 Å². The van der Waals surface area contributed by atoms with Gasteiger partial charge in [0, 0.05) is 18.9 Å². The number of hydrogen-bond donors (Lipinski definition) is 0. The van der Waals surface area contributed by atoms with Gasteiger partial charge in [-0.3, -0.25) is 4.79 Å². The van der Waals surface area contributed by atoms with E-state index in [4.69, 9.17) is 0 Å². The summed E-state index contributed by atoms with van der Waals surface area (Å²) in [4.78, 5) is 19.7. The van der Waals surface area contributed by atoms with Crippen LogP contribution in [0.3, 0.4) is 0 Å². The molecule has 4 atom stereocenters. The van der Waals surface area contributed by atoms with E-state index in [1.807, 2.05) is 0 Å². The van der Waals surface area contributed by atoms with Gasteiger partial charge in [0.15, 0.2) is 0 Å². The van der Waals surface area contributed by atoms with Crippen LogP contribution >= 0.6 is 0 Å². The minimum Gasteiger partial charge on any atom is -0.330 e. The van der Waals surface area contributed by atoms with Gasteiger partial charge in [0.1, 0.15) is 11.0 Å². The van der Waals surface area contributed by atoms with E-state index in [9.17, 15) is 0 Å². The molecule has 1 fully saturated rings. The molecule has 0 N–H and O–H groups in total. The minimum absolute atomic E-state index is 0.0883. The smallest absolute Gasteiger partial charge is 0.239 e. The van der Waals surface area contributed by atoms with Crippen molar-refractivity contribution in [2.75, 3.05) is 7.05 Å². The first-order chi connectivity index (χ1) is 43.5. The Morgan fingerprint density at radius 3 is 1.05 bits per heavy atom. The Labute approximate surface area is 511 Å². The van der Waals surface area contributed by atoms with Gasteiger partial charge in [0.05, 0.1) is 0 Å². The molecule has 15 aromatic rings. The molecule has 412 valence electrons. The molecule has 2 aliphatic carbocycles. The number of nitrogens with zero attached hydrogens (tertiary/aromatic N) is 1. The van der Waals surface area contributed by atoms with E-state index in [2.05, 4.69) is 327 Å². The first-order valence-electron chi connectivity index (χ1n) is 30.8. The van der Waals surface area contributed by atoms with E-state index >= 15 is 4.79 Å². The van der Waals surface area contributed by atoms with E-state index in [-0.39, 0.29) is 17.7 Å². The van der Waals surface area contributed by atoms with Crippen LogP contribution in [0.25, 0.3) is 133 Å². The molecule has 2 heteroatoms. The number of piperidine rings is 1. The molecule has 0 saturated carbocycles. The van der Waals surface area contributed by atoms with Gasteiger partial charge in [-0.05, 0) is 165 Å². The SMILES string of the molecule is CN1C(=O)C2(c3ccccc3)c3cc4c(-c5ccccc5)c(-c5ccccc5)c(-c5ccccc5)c(-c5ccccc5)c4cc3C1(c1ccccc1)C1C=c3c(-c4ccccc4)c4c5cccc6ccc7cccc(c4c(-c4ccccc4)c3=CC12)c7c65. The molecule has 19 rings (SSSR count). The van der Waals surface area contributed by atoms with Crippen LogP contribution in [0.15, 0.2) is 303 Å². The third-order valence-electron chi connectivity index (χ3n) is 20.3. The second-order valence-electron chi connectivity index (χ2n) is 24.4. The van der Waals surface area contributed by atoms with Crippen LogP contribution in [0, 0.1) is 11.8 Å². The van der Waals surface area contributed by atoms with Crippen LogP contribution < -0.4 is 10.4 Å². The molecule has 4 unspecified atom stereocenters. The Hall–Kier alpha value is -10.9. The molecule has 0 aromatic heterocycles. The zero-order chi connectivity index (χ0) is 58.2. The number of carbonyl (C=O) groups excluding carboxylic acids is 1. The van der Waals surface area contributed by atoms with Crippen molar-refractivity contribution in [3.8, 4) is 66.8 Å². The van der Waals surface area contributed by atoms with E-state index in [0.29, 0.717) is 0 Å². The van der Waals surface area contributed by atoms with Crippen molar-refractivity contribution in [2.24, 2.45) is 11.8 Å². The average Bonchev–Trinajstić information content (AvgIpc) is 0.669. The molecule has 4 aliphatic rings. The average molecular weight is 1120 g/mol. The van der Waals surface area contributed by atoms with Crippen LogP contribution in [0.2, 0.25) is 0 Å². The summed E-state index contributed by atoms with van der Waals surface area (Å²) in [5.74, 6) is -0.563. The Balaban J connectivity index is 1.10.